The van der Waals surface area contributed by atoms with Crippen molar-refractivity contribution in [2.45, 2.75) is 38.1 Å². The molecular weight excluding hydrogens is 344 g/mol. The summed E-state index contributed by atoms with van der Waals surface area (Å²) in [4.78, 5) is 18.4. The highest BCUT2D eigenvalue weighted by Crippen LogP contribution is 2.42. The van der Waals surface area contributed by atoms with Crippen LogP contribution in [0.4, 0.5) is 0 Å². The molecule has 2 heterocycles. The molecular formula is C17H22N2O3S2. The minimum atomic E-state index is -3.02. The minimum Gasteiger partial charge on any atom is -0.339 e. The summed E-state index contributed by atoms with van der Waals surface area (Å²) in [7, 11) is -3.02. The number of amidine groups is 1. The lowest BCUT2D eigenvalue weighted by Crippen LogP contribution is -2.39. The summed E-state index contributed by atoms with van der Waals surface area (Å²) >= 11 is 1.44. The van der Waals surface area contributed by atoms with E-state index in [2.05, 4.69) is 4.99 Å². The average molecular weight is 367 g/mol. The van der Waals surface area contributed by atoms with E-state index in [4.69, 9.17) is 0 Å². The van der Waals surface area contributed by atoms with E-state index in [0.717, 1.165) is 5.56 Å². The predicted molar refractivity (Wildman–Crippen MR) is 97.8 cm³/mol. The summed E-state index contributed by atoms with van der Waals surface area (Å²) in [5.41, 5.74) is 1.09. The van der Waals surface area contributed by atoms with E-state index in [1.807, 2.05) is 56.0 Å². The number of hydrogen-bond acceptors (Lipinski definition) is 4. The van der Waals surface area contributed by atoms with Crippen LogP contribution in [0.2, 0.25) is 0 Å². The van der Waals surface area contributed by atoms with Gasteiger partial charge in [0, 0.05) is 11.2 Å². The zero-order valence-corrected chi connectivity index (χ0v) is 15.7. The Balaban J connectivity index is 1.97. The number of nitrogens with zero attached hydrogens (tertiary/aromatic N) is 2. The Kier molecular flexibility index (Phi) is 4.75. The molecule has 3 rings (SSSR count). The van der Waals surface area contributed by atoms with Crippen LogP contribution in [0.3, 0.4) is 0 Å². The van der Waals surface area contributed by atoms with Gasteiger partial charge in [-0.3, -0.25) is 4.79 Å². The first kappa shape index (κ1) is 17.5. The molecule has 0 radical (unpaired) electrons. The molecule has 0 N–H and O–H groups in total. The molecule has 0 saturated carbocycles. The van der Waals surface area contributed by atoms with Crippen LogP contribution in [0.5, 0.6) is 0 Å². The molecule has 2 fully saturated rings. The quantitative estimate of drug-likeness (QED) is 0.822. The molecule has 24 heavy (non-hydrogen) atoms. The van der Waals surface area contributed by atoms with E-state index in [9.17, 15) is 13.2 Å². The first-order chi connectivity index (χ1) is 11.3. The van der Waals surface area contributed by atoms with Gasteiger partial charge in [0.25, 0.3) is 5.91 Å². The van der Waals surface area contributed by atoms with Crippen LogP contribution in [-0.2, 0) is 14.6 Å². The van der Waals surface area contributed by atoms with Gasteiger partial charge in [0.15, 0.2) is 15.0 Å². The van der Waals surface area contributed by atoms with Crippen molar-refractivity contribution in [2.24, 2.45) is 10.9 Å². The maximum Gasteiger partial charge on any atom is 0.250 e. The Morgan fingerprint density at radius 3 is 2.50 bits per heavy atom. The Morgan fingerprint density at radius 1 is 1.21 bits per heavy atom. The van der Waals surface area contributed by atoms with E-state index >= 15 is 0 Å². The van der Waals surface area contributed by atoms with Crippen molar-refractivity contribution in [3.05, 3.63) is 35.9 Å². The molecule has 130 valence electrons. The van der Waals surface area contributed by atoms with Gasteiger partial charge in [-0.1, -0.05) is 55.9 Å². The van der Waals surface area contributed by atoms with Gasteiger partial charge in [0.05, 0.1) is 23.6 Å². The van der Waals surface area contributed by atoms with Crippen molar-refractivity contribution in [3.63, 3.8) is 0 Å². The Morgan fingerprint density at radius 2 is 1.88 bits per heavy atom. The van der Waals surface area contributed by atoms with Crippen LogP contribution in [-0.4, -0.2) is 47.2 Å². The van der Waals surface area contributed by atoms with Gasteiger partial charge in [0.2, 0.25) is 0 Å². The van der Waals surface area contributed by atoms with Gasteiger partial charge in [-0.2, -0.15) is 4.99 Å². The number of benzene rings is 1. The zero-order valence-electron chi connectivity index (χ0n) is 14.0. The van der Waals surface area contributed by atoms with Crippen LogP contribution >= 0.6 is 11.8 Å². The van der Waals surface area contributed by atoms with Crippen LogP contribution < -0.4 is 0 Å². The lowest BCUT2D eigenvalue weighted by Gasteiger charge is -2.31. The van der Waals surface area contributed by atoms with Crippen molar-refractivity contribution < 1.29 is 13.2 Å². The normalized spacial score (nSPS) is 28.3. The van der Waals surface area contributed by atoms with Crippen molar-refractivity contribution in [3.8, 4) is 0 Å². The topological polar surface area (TPSA) is 66.8 Å². The van der Waals surface area contributed by atoms with Crippen molar-refractivity contribution in [1.29, 1.82) is 0 Å². The number of rotatable bonds is 3. The lowest BCUT2D eigenvalue weighted by molar-refractivity contribution is -0.120. The van der Waals surface area contributed by atoms with Crippen LogP contribution in [0.15, 0.2) is 35.3 Å². The molecule has 3 unspecified atom stereocenters. The van der Waals surface area contributed by atoms with E-state index in [1.165, 1.54) is 11.8 Å². The zero-order chi connectivity index (χ0) is 17.5. The van der Waals surface area contributed by atoms with Crippen molar-refractivity contribution >= 4 is 32.7 Å². The molecule has 5 nitrogen and oxygen atoms in total. The fraction of sp³-hybridized carbons (Fsp3) is 0.529. The van der Waals surface area contributed by atoms with Gasteiger partial charge < -0.3 is 4.90 Å². The van der Waals surface area contributed by atoms with Gasteiger partial charge in [-0.05, 0) is 12.5 Å². The molecule has 1 aromatic carbocycles. The van der Waals surface area contributed by atoms with E-state index in [-0.39, 0.29) is 40.7 Å². The number of aliphatic imine (C=N–C) groups is 1. The SMILES string of the molecule is CC(C)C(=O)N=C1SC2CS(=O)(=O)CC2N1C(C)c1ccccc1. The number of sulfone groups is 1. The Hall–Kier alpha value is -1.34. The van der Waals surface area contributed by atoms with E-state index in [1.54, 1.807) is 0 Å². The first-order valence-corrected chi connectivity index (χ1v) is 10.8. The van der Waals surface area contributed by atoms with Crippen LogP contribution in [0, 0.1) is 5.92 Å². The summed E-state index contributed by atoms with van der Waals surface area (Å²) in [5, 5.41) is 0.620. The largest absolute Gasteiger partial charge is 0.339 e. The maximum absolute atomic E-state index is 12.1. The summed E-state index contributed by atoms with van der Waals surface area (Å²) in [6.45, 7) is 5.68. The third-order valence-corrected chi connectivity index (χ3v) is 7.73. The second-order valence-corrected chi connectivity index (χ2v) is 10.0. The summed E-state index contributed by atoms with van der Waals surface area (Å²) < 4.78 is 24.1. The van der Waals surface area contributed by atoms with Gasteiger partial charge in [0.1, 0.15) is 0 Å². The molecule has 2 aliphatic rings. The summed E-state index contributed by atoms with van der Waals surface area (Å²) in [6, 6.07) is 9.79. The van der Waals surface area contributed by atoms with Crippen molar-refractivity contribution in [1.82, 2.24) is 4.90 Å². The van der Waals surface area contributed by atoms with Gasteiger partial charge in [-0.15, -0.1) is 0 Å². The number of amides is 1. The maximum atomic E-state index is 12.1. The highest BCUT2D eigenvalue weighted by molar-refractivity contribution is 8.15. The molecule has 7 heteroatoms. The monoisotopic (exact) mass is 366 g/mol. The molecule has 2 aliphatic heterocycles. The smallest absolute Gasteiger partial charge is 0.250 e. The fourth-order valence-electron chi connectivity index (χ4n) is 3.16. The second-order valence-electron chi connectivity index (χ2n) is 6.68. The molecule has 0 spiro atoms. The molecule has 2 saturated heterocycles. The van der Waals surface area contributed by atoms with E-state index in [0.29, 0.717) is 5.17 Å². The Labute approximate surface area is 147 Å². The Bertz CT molecular complexity index is 759. The fourth-order valence-corrected chi connectivity index (χ4v) is 7.16. The standard InChI is InChI=1S/C17H22N2O3S2/c1-11(2)16(20)18-17-19(12(3)13-7-5-4-6-8-13)14-9-24(21,22)10-15(14)23-17/h4-8,11-12,14-15H,9-10H2,1-3H3. The minimum absolute atomic E-state index is 0.0271. The molecule has 0 aliphatic carbocycles. The number of fused-ring (bicyclic) bond motifs is 1. The van der Waals surface area contributed by atoms with Crippen LogP contribution in [0.1, 0.15) is 32.4 Å². The average Bonchev–Trinajstić information content (AvgIpc) is 2.98. The molecule has 1 amide bonds. The number of carbonyl (C=O) groups is 1. The number of thioether (sulfide) groups is 1. The van der Waals surface area contributed by atoms with Gasteiger partial charge >= 0.3 is 0 Å². The highest BCUT2D eigenvalue weighted by Gasteiger charge is 2.50. The summed E-state index contributed by atoms with van der Waals surface area (Å²) in [5.74, 6) is -0.0341. The lowest BCUT2D eigenvalue weighted by atomic mass is 10.1. The molecule has 1 aromatic rings. The molecule has 0 aromatic heterocycles. The van der Waals surface area contributed by atoms with Crippen molar-refractivity contribution in [2.75, 3.05) is 11.5 Å². The highest BCUT2D eigenvalue weighted by atomic mass is 32.2. The first-order valence-electron chi connectivity index (χ1n) is 8.11. The third-order valence-electron chi connectivity index (χ3n) is 4.51. The van der Waals surface area contributed by atoms with Crippen LogP contribution in [0.25, 0.3) is 0 Å². The molecule has 3 atom stereocenters. The number of hydrogen-bond donors (Lipinski definition) is 0. The number of carbonyl (C=O) groups excluding carboxylic acids is 1. The summed E-state index contributed by atoms with van der Waals surface area (Å²) in [6.07, 6.45) is 0. The third kappa shape index (κ3) is 3.37. The predicted octanol–water partition coefficient (Wildman–Crippen LogP) is 2.50. The van der Waals surface area contributed by atoms with Gasteiger partial charge in [-0.25, -0.2) is 8.42 Å². The molecule has 0 bridgehead atoms. The van der Waals surface area contributed by atoms with E-state index < -0.39 is 9.84 Å². The second kappa shape index (κ2) is 6.52.